The van der Waals surface area contributed by atoms with Gasteiger partial charge in [-0.15, -0.1) is 0 Å². The van der Waals surface area contributed by atoms with Gasteiger partial charge in [-0.05, 0) is 30.5 Å². The molecule has 0 unspecified atom stereocenters. The van der Waals surface area contributed by atoms with E-state index in [-0.39, 0.29) is 0 Å². The van der Waals surface area contributed by atoms with Crippen LogP contribution in [0.15, 0.2) is 24.3 Å². The van der Waals surface area contributed by atoms with Crippen molar-refractivity contribution in [2.24, 2.45) is 0 Å². The van der Waals surface area contributed by atoms with E-state index >= 15 is 0 Å². The summed E-state index contributed by atoms with van der Waals surface area (Å²) in [4.78, 5) is 0. The van der Waals surface area contributed by atoms with E-state index in [0.29, 0.717) is 0 Å². The Morgan fingerprint density at radius 3 is 2.41 bits per heavy atom. The first kappa shape index (κ1) is 14.0. The maximum absolute atomic E-state index is 5.50. The number of aryl methyl sites for hydroxylation is 1. The number of ether oxygens (including phenoxy) is 1. The molecule has 0 bridgehead atoms. The summed E-state index contributed by atoms with van der Waals surface area (Å²) >= 11 is 0. The van der Waals surface area contributed by atoms with Crippen molar-refractivity contribution in [3.63, 3.8) is 0 Å². The number of anilines is 1. The largest absolute Gasteiger partial charge is 0.383 e. The predicted octanol–water partition coefficient (Wildman–Crippen LogP) is 3.87. The lowest BCUT2D eigenvalue weighted by Gasteiger charge is -2.08. The van der Waals surface area contributed by atoms with Crippen LogP contribution in [0.2, 0.25) is 0 Å². The normalized spacial score (nSPS) is 10.5. The van der Waals surface area contributed by atoms with Gasteiger partial charge in [-0.3, -0.25) is 0 Å². The van der Waals surface area contributed by atoms with Crippen LogP contribution in [0.3, 0.4) is 0 Å². The number of hydrogen-bond acceptors (Lipinski definition) is 2. The van der Waals surface area contributed by atoms with Crippen LogP contribution in [-0.2, 0) is 11.2 Å². The molecule has 17 heavy (non-hydrogen) atoms. The second kappa shape index (κ2) is 9.06. The highest BCUT2D eigenvalue weighted by molar-refractivity contribution is 5.44. The highest BCUT2D eigenvalue weighted by Gasteiger charge is 1.93. The zero-order valence-electron chi connectivity index (χ0n) is 11.2. The van der Waals surface area contributed by atoms with E-state index in [9.17, 15) is 0 Å². The summed E-state index contributed by atoms with van der Waals surface area (Å²) < 4.78 is 5.50. The molecule has 0 amide bonds. The number of unbranched alkanes of at least 4 members (excludes halogenated alkanes) is 1. The van der Waals surface area contributed by atoms with Gasteiger partial charge in [0.2, 0.25) is 0 Å². The molecule has 0 aliphatic rings. The van der Waals surface area contributed by atoms with Gasteiger partial charge in [0.05, 0.1) is 6.61 Å². The standard InChI is InChI=1S/C15H25NO/c1-3-5-12-17-13-11-16-15-9-7-14(6-4-2)8-10-15/h7-10,16H,3-6,11-13H2,1-2H3. The lowest BCUT2D eigenvalue weighted by molar-refractivity contribution is 0.141. The molecule has 0 aromatic heterocycles. The summed E-state index contributed by atoms with van der Waals surface area (Å²) in [5.41, 5.74) is 2.60. The van der Waals surface area contributed by atoms with Crippen LogP contribution in [0.5, 0.6) is 0 Å². The van der Waals surface area contributed by atoms with Crippen molar-refractivity contribution in [3.05, 3.63) is 29.8 Å². The molecule has 96 valence electrons. The minimum absolute atomic E-state index is 0.788. The number of hydrogen-bond donors (Lipinski definition) is 1. The molecule has 0 radical (unpaired) electrons. The molecule has 0 saturated heterocycles. The van der Waals surface area contributed by atoms with E-state index in [2.05, 4.69) is 43.4 Å². The molecule has 1 aromatic carbocycles. The fourth-order valence-electron chi connectivity index (χ4n) is 1.69. The molecular formula is C15H25NO. The number of nitrogens with one attached hydrogen (secondary N) is 1. The molecule has 1 aromatic rings. The minimum atomic E-state index is 0.788. The highest BCUT2D eigenvalue weighted by Crippen LogP contribution is 2.10. The van der Waals surface area contributed by atoms with Crippen LogP contribution < -0.4 is 5.32 Å². The fourth-order valence-corrected chi connectivity index (χ4v) is 1.69. The molecule has 0 spiro atoms. The minimum Gasteiger partial charge on any atom is -0.383 e. The van der Waals surface area contributed by atoms with E-state index in [0.717, 1.165) is 26.2 Å². The zero-order valence-corrected chi connectivity index (χ0v) is 11.2. The first-order chi connectivity index (χ1) is 8.36. The summed E-state index contributed by atoms with van der Waals surface area (Å²) in [5, 5.41) is 3.37. The summed E-state index contributed by atoms with van der Waals surface area (Å²) in [6.45, 7) is 6.94. The number of benzene rings is 1. The van der Waals surface area contributed by atoms with E-state index < -0.39 is 0 Å². The Morgan fingerprint density at radius 2 is 1.76 bits per heavy atom. The van der Waals surface area contributed by atoms with Gasteiger partial charge in [-0.1, -0.05) is 38.8 Å². The molecule has 0 aliphatic heterocycles. The van der Waals surface area contributed by atoms with Gasteiger partial charge >= 0.3 is 0 Å². The van der Waals surface area contributed by atoms with Crippen LogP contribution in [-0.4, -0.2) is 19.8 Å². The molecule has 1 N–H and O–H groups in total. The quantitative estimate of drug-likeness (QED) is 0.656. The zero-order chi connectivity index (χ0) is 12.3. The average Bonchev–Trinajstić information content (AvgIpc) is 2.36. The Bertz CT molecular complexity index is 281. The van der Waals surface area contributed by atoms with Gasteiger partial charge in [0.15, 0.2) is 0 Å². The molecule has 0 atom stereocenters. The molecule has 1 rings (SSSR count). The summed E-state index contributed by atoms with van der Waals surface area (Å²) in [5.74, 6) is 0. The van der Waals surface area contributed by atoms with Crippen LogP contribution in [0.4, 0.5) is 5.69 Å². The molecule has 2 heteroatoms. The van der Waals surface area contributed by atoms with Gasteiger partial charge in [0.25, 0.3) is 0 Å². The maximum atomic E-state index is 5.50. The first-order valence-electron chi connectivity index (χ1n) is 6.77. The smallest absolute Gasteiger partial charge is 0.0639 e. The molecule has 0 fully saturated rings. The highest BCUT2D eigenvalue weighted by atomic mass is 16.5. The second-order valence-electron chi connectivity index (χ2n) is 4.34. The third kappa shape index (κ3) is 6.32. The Hall–Kier alpha value is -1.02. The molecule has 2 nitrogen and oxygen atoms in total. The van der Waals surface area contributed by atoms with Crippen molar-refractivity contribution >= 4 is 5.69 Å². The van der Waals surface area contributed by atoms with E-state index in [1.165, 1.54) is 30.5 Å². The van der Waals surface area contributed by atoms with Crippen LogP contribution in [0.1, 0.15) is 38.7 Å². The Balaban J connectivity index is 2.14. The third-order valence-corrected chi connectivity index (χ3v) is 2.71. The third-order valence-electron chi connectivity index (χ3n) is 2.71. The van der Waals surface area contributed by atoms with Crippen molar-refractivity contribution in [1.82, 2.24) is 0 Å². The van der Waals surface area contributed by atoms with Gasteiger partial charge in [0.1, 0.15) is 0 Å². The first-order valence-corrected chi connectivity index (χ1v) is 6.77. The monoisotopic (exact) mass is 235 g/mol. The summed E-state index contributed by atoms with van der Waals surface area (Å²) in [7, 11) is 0. The number of rotatable bonds is 9. The van der Waals surface area contributed by atoms with Gasteiger partial charge in [0, 0.05) is 18.8 Å². The van der Waals surface area contributed by atoms with Gasteiger partial charge in [-0.25, -0.2) is 0 Å². The lowest BCUT2D eigenvalue weighted by Crippen LogP contribution is -2.09. The Morgan fingerprint density at radius 1 is 1.00 bits per heavy atom. The van der Waals surface area contributed by atoms with Crippen LogP contribution in [0.25, 0.3) is 0 Å². The average molecular weight is 235 g/mol. The Kier molecular flexibility index (Phi) is 7.48. The summed E-state index contributed by atoms with van der Waals surface area (Å²) in [6, 6.07) is 8.70. The van der Waals surface area contributed by atoms with Gasteiger partial charge < -0.3 is 10.1 Å². The van der Waals surface area contributed by atoms with E-state index in [1.54, 1.807) is 0 Å². The van der Waals surface area contributed by atoms with E-state index in [4.69, 9.17) is 4.74 Å². The van der Waals surface area contributed by atoms with Crippen molar-refractivity contribution < 1.29 is 4.74 Å². The SMILES string of the molecule is CCCCOCCNc1ccc(CCC)cc1. The van der Waals surface area contributed by atoms with Crippen molar-refractivity contribution in [2.45, 2.75) is 39.5 Å². The van der Waals surface area contributed by atoms with Crippen LogP contribution in [0, 0.1) is 0 Å². The molecule has 0 aliphatic carbocycles. The van der Waals surface area contributed by atoms with Crippen molar-refractivity contribution in [3.8, 4) is 0 Å². The fraction of sp³-hybridized carbons (Fsp3) is 0.600. The molecule has 0 heterocycles. The van der Waals surface area contributed by atoms with Gasteiger partial charge in [-0.2, -0.15) is 0 Å². The van der Waals surface area contributed by atoms with Crippen molar-refractivity contribution in [1.29, 1.82) is 0 Å². The Labute approximate surface area is 105 Å². The lowest BCUT2D eigenvalue weighted by atomic mass is 10.1. The van der Waals surface area contributed by atoms with Crippen molar-refractivity contribution in [2.75, 3.05) is 25.1 Å². The molecular weight excluding hydrogens is 210 g/mol. The predicted molar refractivity (Wildman–Crippen MR) is 74.7 cm³/mol. The molecule has 0 saturated carbocycles. The van der Waals surface area contributed by atoms with E-state index in [1.807, 2.05) is 0 Å². The summed E-state index contributed by atoms with van der Waals surface area (Å²) in [6.07, 6.45) is 4.73. The maximum Gasteiger partial charge on any atom is 0.0639 e. The van der Waals surface area contributed by atoms with Crippen LogP contribution >= 0.6 is 0 Å². The topological polar surface area (TPSA) is 21.3 Å². The second-order valence-corrected chi connectivity index (χ2v) is 4.34.